The molecule has 0 atom stereocenters. The van der Waals surface area contributed by atoms with Crippen molar-refractivity contribution in [3.8, 4) is 0 Å². The van der Waals surface area contributed by atoms with Gasteiger partial charge in [0.25, 0.3) is 0 Å². The number of carboxylic acids is 1. The number of hydrogen-bond acceptors (Lipinski definition) is 3. The number of ether oxygens (including phenoxy) is 1. The van der Waals surface area contributed by atoms with E-state index in [1.165, 1.54) is 0 Å². The molecule has 0 amide bonds. The van der Waals surface area contributed by atoms with Crippen molar-refractivity contribution in [3.63, 3.8) is 0 Å². The van der Waals surface area contributed by atoms with Gasteiger partial charge in [-0.3, -0.25) is 0 Å². The van der Waals surface area contributed by atoms with Gasteiger partial charge in [-0.05, 0) is 6.42 Å². The number of hydrogen-bond donors (Lipinski definition) is 1. The van der Waals surface area contributed by atoms with Crippen molar-refractivity contribution in [2.45, 2.75) is 13.3 Å². The Bertz CT molecular complexity index is 232. The number of halogens is 1. The summed E-state index contributed by atoms with van der Waals surface area (Å²) >= 11 is 5.42. The highest BCUT2D eigenvalue weighted by atomic mass is 35.5. The smallest absolute Gasteiger partial charge is 0.350 e. The normalized spacial score (nSPS) is 11.9. The number of carbonyl (C=O) groups excluding carboxylic acids is 1. The maximum atomic E-state index is 10.7. The zero-order chi connectivity index (χ0) is 9.72. The lowest BCUT2D eigenvalue weighted by Gasteiger charge is -2.01. The summed E-state index contributed by atoms with van der Waals surface area (Å²) in [6, 6.07) is 0. The maximum absolute atomic E-state index is 10.7. The zero-order valence-corrected chi connectivity index (χ0v) is 7.51. The van der Waals surface area contributed by atoms with Crippen LogP contribution in [0, 0.1) is 0 Å². The van der Waals surface area contributed by atoms with E-state index in [1.807, 2.05) is 0 Å². The van der Waals surface area contributed by atoms with Gasteiger partial charge in [-0.15, -0.1) is 0 Å². The molecule has 0 aromatic heterocycles. The first-order valence-corrected chi connectivity index (χ1v) is 3.62. The molecular weight excluding hydrogens is 184 g/mol. The lowest BCUT2D eigenvalue weighted by molar-refractivity contribution is -0.137. The summed E-state index contributed by atoms with van der Waals surface area (Å²) < 4.78 is 4.25. The molecule has 0 unspecified atom stereocenters. The van der Waals surface area contributed by atoms with Crippen molar-refractivity contribution in [1.29, 1.82) is 0 Å². The highest BCUT2D eigenvalue weighted by Crippen LogP contribution is 2.14. The van der Waals surface area contributed by atoms with Gasteiger partial charge in [0.1, 0.15) is 5.03 Å². The topological polar surface area (TPSA) is 63.6 Å². The van der Waals surface area contributed by atoms with Crippen molar-refractivity contribution in [2.75, 3.05) is 7.11 Å². The van der Waals surface area contributed by atoms with Crippen LogP contribution in [-0.4, -0.2) is 24.2 Å². The molecule has 0 saturated heterocycles. The van der Waals surface area contributed by atoms with E-state index in [2.05, 4.69) is 4.74 Å². The Labute approximate surface area is 74.8 Å². The third-order valence-electron chi connectivity index (χ3n) is 1.24. The van der Waals surface area contributed by atoms with Crippen LogP contribution < -0.4 is 0 Å². The second kappa shape index (κ2) is 4.77. The summed E-state index contributed by atoms with van der Waals surface area (Å²) in [6.45, 7) is 1.59. The molecule has 0 bridgehead atoms. The molecule has 0 aliphatic carbocycles. The molecule has 1 N–H and O–H groups in total. The maximum Gasteiger partial charge on any atom is 0.350 e. The van der Waals surface area contributed by atoms with Crippen molar-refractivity contribution in [2.24, 2.45) is 0 Å². The average molecular weight is 193 g/mol. The predicted octanol–water partition coefficient (Wildman–Crippen LogP) is 1.15. The first-order valence-electron chi connectivity index (χ1n) is 3.24. The van der Waals surface area contributed by atoms with Crippen LogP contribution in [0.2, 0.25) is 0 Å². The van der Waals surface area contributed by atoms with E-state index in [1.54, 1.807) is 6.92 Å². The van der Waals surface area contributed by atoms with Crippen LogP contribution in [0.1, 0.15) is 13.3 Å². The predicted molar refractivity (Wildman–Crippen MR) is 42.8 cm³/mol. The average Bonchev–Trinajstić information content (AvgIpc) is 2.03. The third-order valence-corrected chi connectivity index (χ3v) is 1.62. The number of methoxy groups -OCH3 is 1. The van der Waals surface area contributed by atoms with Gasteiger partial charge >= 0.3 is 11.9 Å². The first-order chi connectivity index (χ1) is 5.54. The van der Waals surface area contributed by atoms with E-state index in [-0.39, 0.29) is 17.0 Å². The number of carbonyl (C=O) groups is 2. The van der Waals surface area contributed by atoms with Gasteiger partial charge < -0.3 is 9.84 Å². The molecule has 12 heavy (non-hydrogen) atoms. The zero-order valence-electron chi connectivity index (χ0n) is 6.76. The lowest BCUT2D eigenvalue weighted by atomic mass is 10.2. The highest BCUT2D eigenvalue weighted by molar-refractivity contribution is 6.43. The molecular formula is C7H9ClO4. The third kappa shape index (κ3) is 2.54. The molecule has 5 heteroatoms. The Kier molecular flexibility index (Phi) is 4.36. The Morgan fingerprint density at radius 1 is 1.50 bits per heavy atom. The Morgan fingerprint density at radius 2 is 2.00 bits per heavy atom. The van der Waals surface area contributed by atoms with E-state index in [9.17, 15) is 9.59 Å². The minimum atomic E-state index is -1.20. The molecule has 0 fully saturated rings. The van der Waals surface area contributed by atoms with Crippen LogP contribution in [0.5, 0.6) is 0 Å². The number of esters is 1. The quantitative estimate of drug-likeness (QED) is 0.538. The van der Waals surface area contributed by atoms with Crippen LogP contribution in [-0.2, 0) is 14.3 Å². The molecule has 4 nitrogen and oxygen atoms in total. The summed E-state index contributed by atoms with van der Waals surface area (Å²) in [7, 11) is 1.14. The Morgan fingerprint density at radius 3 is 2.25 bits per heavy atom. The fourth-order valence-corrected chi connectivity index (χ4v) is 0.905. The summed E-state index contributed by atoms with van der Waals surface area (Å²) in [5.41, 5.74) is -0.136. The minimum Gasteiger partial charge on any atom is -0.478 e. The SMILES string of the molecule is CC/C(C(=O)O)=C(/Cl)C(=O)OC. The highest BCUT2D eigenvalue weighted by Gasteiger charge is 2.17. The van der Waals surface area contributed by atoms with Crippen LogP contribution in [0.15, 0.2) is 10.6 Å². The van der Waals surface area contributed by atoms with Crippen molar-refractivity contribution in [3.05, 3.63) is 10.6 Å². The van der Waals surface area contributed by atoms with Crippen molar-refractivity contribution < 1.29 is 19.4 Å². The second-order valence-electron chi connectivity index (χ2n) is 1.94. The van der Waals surface area contributed by atoms with E-state index < -0.39 is 11.9 Å². The van der Waals surface area contributed by atoms with Crippen LogP contribution in [0.3, 0.4) is 0 Å². The van der Waals surface area contributed by atoms with Gasteiger partial charge in [0.2, 0.25) is 0 Å². The summed E-state index contributed by atoms with van der Waals surface area (Å²) in [5.74, 6) is -2.02. The van der Waals surface area contributed by atoms with Crippen LogP contribution in [0.25, 0.3) is 0 Å². The van der Waals surface area contributed by atoms with Gasteiger partial charge in [-0.25, -0.2) is 9.59 Å². The molecule has 0 aliphatic heterocycles. The van der Waals surface area contributed by atoms with Gasteiger partial charge in [-0.1, -0.05) is 18.5 Å². The second-order valence-corrected chi connectivity index (χ2v) is 2.32. The van der Waals surface area contributed by atoms with E-state index in [4.69, 9.17) is 16.7 Å². The largest absolute Gasteiger partial charge is 0.478 e. The monoisotopic (exact) mass is 192 g/mol. The van der Waals surface area contributed by atoms with E-state index >= 15 is 0 Å². The fourth-order valence-electron chi connectivity index (χ4n) is 0.613. The minimum absolute atomic E-state index is 0.136. The van der Waals surface area contributed by atoms with Gasteiger partial charge in [0, 0.05) is 0 Å². The first kappa shape index (κ1) is 11.0. The molecule has 0 spiro atoms. The molecule has 68 valence electrons. The standard InChI is InChI=1S/C7H9ClO4/c1-3-4(6(9)10)5(8)7(11)12-2/h3H2,1-2H3,(H,9,10)/b5-4-. The van der Waals surface area contributed by atoms with Gasteiger partial charge in [-0.2, -0.15) is 0 Å². The lowest BCUT2D eigenvalue weighted by Crippen LogP contribution is -2.09. The summed E-state index contributed by atoms with van der Waals surface area (Å²) in [5, 5.41) is 8.17. The fraction of sp³-hybridized carbons (Fsp3) is 0.429. The number of aliphatic carboxylic acids is 1. The molecule has 0 aliphatic rings. The number of carboxylic acid groups (broad SMARTS) is 1. The molecule has 0 saturated carbocycles. The van der Waals surface area contributed by atoms with Crippen LogP contribution in [0.4, 0.5) is 0 Å². The Balaban J connectivity index is 4.84. The van der Waals surface area contributed by atoms with Gasteiger partial charge in [0.05, 0.1) is 12.7 Å². The summed E-state index contributed by atoms with van der Waals surface area (Å²) in [6.07, 6.45) is 0.184. The van der Waals surface area contributed by atoms with Crippen molar-refractivity contribution >= 4 is 23.5 Å². The van der Waals surface area contributed by atoms with Crippen molar-refractivity contribution in [1.82, 2.24) is 0 Å². The molecule has 0 aromatic rings. The Hall–Kier alpha value is -1.03. The van der Waals surface area contributed by atoms with Gasteiger partial charge in [0.15, 0.2) is 0 Å². The molecule has 0 aromatic carbocycles. The number of rotatable bonds is 3. The van der Waals surface area contributed by atoms with E-state index in [0.29, 0.717) is 0 Å². The molecule has 0 heterocycles. The molecule has 0 rings (SSSR count). The van der Waals surface area contributed by atoms with E-state index in [0.717, 1.165) is 7.11 Å². The molecule has 0 radical (unpaired) electrons. The summed E-state index contributed by atoms with van der Waals surface area (Å²) in [4.78, 5) is 21.2. The van der Waals surface area contributed by atoms with Crippen LogP contribution >= 0.6 is 11.6 Å².